The summed E-state index contributed by atoms with van der Waals surface area (Å²) in [6, 6.07) is 12.8. The fraction of sp³-hybridized carbons (Fsp3) is 0.188. The first kappa shape index (κ1) is 15.6. The van der Waals surface area contributed by atoms with Crippen molar-refractivity contribution in [3.63, 3.8) is 0 Å². The first-order chi connectivity index (χ1) is 10.2. The van der Waals surface area contributed by atoms with Crippen LogP contribution in [0.3, 0.4) is 0 Å². The molecule has 0 aliphatic carbocycles. The van der Waals surface area contributed by atoms with Gasteiger partial charge in [-0.1, -0.05) is 12.1 Å². The van der Waals surface area contributed by atoms with Gasteiger partial charge in [-0.3, -0.25) is 4.79 Å². The summed E-state index contributed by atoms with van der Waals surface area (Å²) in [6.45, 7) is 2.47. The van der Waals surface area contributed by atoms with Crippen LogP contribution in [0.2, 0.25) is 0 Å². The van der Waals surface area contributed by atoms with E-state index in [2.05, 4.69) is 27.9 Å². The number of benzene rings is 2. The Labute approximate surface area is 137 Å². The van der Waals surface area contributed by atoms with Crippen LogP contribution in [-0.2, 0) is 0 Å². The van der Waals surface area contributed by atoms with Crippen molar-refractivity contribution in [3.05, 3.63) is 51.6 Å². The Morgan fingerprint density at radius 1 is 1.19 bits per heavy atom. The Bertz CT molecular complexity index is 643. The molecule has 0 spiro atoms. The number of carbonyl (C=O) groups excluding carboxylic acids is 1. The predicted molar refractivity (Wildman–Crippen MR) is 91.3 cm³/mol. The minimum atomic E-state index is -0.147. The number of halogens is 1. The van der Waals surface area contributed by atoms with Gasteiger partial charge in [0.1, 0.15) is 0 Å². The third kappa shape index (κ3) is 3.87. The number of amides is 1. The summed E-state index contributed by atoms with van der Waals surface area (Å²) in [4.78, 5) is 12.3. The number of methoxy groups -OCH3 is 1. The molecular weight excluding hydrogens is 381 g/mol. The van der Waals surface area contributed by atoms with Crippen LogP contribution in [0, 0.1) is 3.57 Å². The summed E-state index contributed by atoms with van der Waals surface area (Å²) in [5.41, 5.74) is 1.31. The second-order valence-corrected chi connectivity index (χ2v) is 5.39. The number of hydrogen-bond donors (Lipinski definition) is 1. The van der Waals surface area contributed by atoms with Crippen LogP contribution in [0.25, 0.3) is 0 Å². The zero-order chi connectivity index (χ0) is 15.2. The average Bonchev–Trinajstić information content (AvgIpc) is 2.49. The molecule has 2 aromatic carbocycles. The van der Waals surface area contributed by atoms with Crippen molar-refractivity contribution in [2.75, 3.05) is 19.0 Å². The molecule has 2 aromatic rings. The Balaban J connectivity index is 2.20. The molecule has 0 fully saturated rings. The van der Waals surface area contributed by atoms with E-state index in [-0.39, 0.29) is 5.91 Å². The van der Waals surface area contributed by atoms with Gasteiger partial charge in [-0.05, 0) is 53.8 Å². The predicted octanol–water partition coefficient (Wildman–Crippen LogP) is 3.95. The molecule has 0 heterocycles. The molecule has 1 N–H and O–H groups in total. The Morgan fingerprint density at radius 2 is 1.95 bits per heavy atom. The number of hydrogen-bond acceptors (Lipinski definition) is 3. The van der Waals surface area contributed by atoms with Crippen molar-refractivity contribution in [2.24, 2.45) is 0 Å². The summed E-state index contributed by atoms with van der Waals surface area (Å²) < 4.78 is 11.6. The molecule has 4 nitrogen and oxygen atoms in total. The van der Waals surface area contributed by atoms with E-state index in [1.165, 1.54) is 0 Å². The van der Waals surface area contributed by atoms with Crippen molar-refractivity contribution in [2.45, 2.75) is 6.92 Å². The zero-order valence-electron chi connectivity index (χ0n) is 11.9. The van der Waals surface area contributed by atoms with Gasteiger partial charge >= 0.3 is 0 Å². The first-order valence-corrected chi connectivity index (χ1v) is 7.60. The number of carbonyl (C=O) groups is 1. The monoisotopic (exact) mass is 397 g/mol. The van der Waals surface area contributed by atoms with E-state index < -0.39 is 0 Å². The van der Waals surface area contributed by atoms with Gasteiger partial charge in [-0.25, -0.2) is 0 Å². The molecule has 0 saturated carbocycles. The van der Waals surface area contributed by atoms with Crippen molar-refractivity contribution in [1.82, 2.24) is 0 Å². The minimum Gasteiger partial charge on any atom is -0.493 e. The topological polar surface area (TPSA) is 47.6 Å². The molecule has 110 valence electrons. The molecule has 0 saturated heterocycles. The highest BCUT2D eigenvalue weighted by molar-refractivity contribution is 14.1. The second kappa shape index (κ2) is 7.31. The number of rotatable bonds is 5. The van der Waals surface area contributed by atoms with E-state index in [0.717, 1.165) is 3.57 Å². The van der Waals surface area contributed by atoms with Gasteiger partial charge in [0, 0.05) is 15.3 Å². The third-order valence-corrected chi connectivity index (χ3v) is 3.78. The van der Waals surface area contributed by atoms with Gasteiger partial charge in [0.15, 0.2) is 11.5 Å². The highest BCUT2D eigenvalue weighted by atomic mass is 127. The van der Waals surface area contributed by atoms with E-state index in [4.69, 9.17) is 9.47 Å². The Hall–Kier alpha value is -1.76. The molecule has 0 radical (unpaired) electrons. The second-order valence-electron chi connectivity index (χ2n) is 4.23. The van der Waals surface area contributed by atoms with Crippen LogP contribution >= 0.6 is 22.6 Å². The summed E-state index contributed by atoms with van der Waals surface area (Å²) in [6.07, 6.45) is 0. The molecule has 0 unspecified atom stereocenters. The van der Waals surface area contributed by atoms with Crippen molar-refractivity contribution < 1.29 is 14.3 Å². The molecule has 0 aliphatic rings. The summed E-state index contributed by atoms with van der Waals surface area (Å²) in [5.74, 6) is 1.11. The van der Waals surface area contributed by atoms with E-state index in [0.29, 0.717) is 29.4 Å². The molecule has 1 amide bonds. The van der Waals surface area contributed by atoms with E-state index in [1.807, 2.05) is 25.1 Å². The van der Waals surface area contributed by atoms with E-state index >= 15 is 0 Å². The largest absolute Gasteiger partial charge is 0.493 e. The van der Waals surface area contributed by atoms with Gasteiger partial charge in [0.2, 0.25) is 0 Å². The maximum absolute atomic E-state index is 12.3. The smallest absolute Gasteiger partial charge is 0.256 e. The SMILES string of the molecule is CCOc1ccc(NC(=O)c2ccccc2I)cc1OC. The number of anilines is 1. The molecule has 2 rings (SSSR count). The lowest BCUT2D eigenvalue weighted by Gasteiger charge is -2.12. The van der Waals surface area contributed by atoms with Gasteiger partial charge in [-0.15, -0.1) is 0 Å². The standard InChI is InChI=1S/C16H16INO3/c1-3-21-14-9-8-11(10-15(14)20-2)18-16(19)12-6-4-5-7-13(12)17/h4-10H,3H2,1-2H3,(H,18,19). The minimum absolute atomic E-state index is 0.147. The zero-order valence-corrected chi connectivity index (χ0v) is 14.0. The maximum Gasteiger partial charge on any atom is 0.256 e. The lowest BCUT2D eigenvalue weighted by Crippen LogP contribution is -2.13. The summed E-state index contributed by atoms with van der Waals surface area (Å²) in [5, 5.41) is 2.86. The Kier molecular flexibility index (Phi) is 5.44. The molecule has 21 heavy (non-hydrogen) atoms. The van der Waals surface area contributed by atoms with Crippen LogP contribution in [0.1, 0.15) is 17.3 Å². The average molecular weight is 397 g/mol. The van der Waals surface area contributed by atoms with E-state index in [1.54, 1.807) is 31.4 Å². The highest BCUT2D eigenvalue weighted by Gasteiger charge is 2.11. The van der Waals surface area contributed by atoms with Gasteiger partial charge < -0.3 is 14.8 Å². The van der Waals surface area contributed by atoms with Crippen LogP contribution < -0.4 is 14.8 Å². The molecular formula is C16H16INO3. The van der Waals surface area contributed by atoms with Crippen LogP contribution in [0.15, 0.2) is 42.5 Å². The quantitative estimate of drug-likeness (QED) is 0.778. The van der Waals surface area contributed by atoms with Crippen LogP contribution in [-0.4, -0.2) is 19.6 Å². The molecule has 5 heteroatoms. The highest BCUT2D eigenvalue weighted by Crippen LogP contribution is 2.30. The number of nitrogens with one attached hydrogen (secondary N) is 1. The van der Waals surface area contributed by atoms with Crippen molar-refractivity contribution in [1.29, 1.82) is 0 Å². The van der Waals surface area contributed by atoms with Crippen molar-refractivity contribution in [3.8, 4) is 11.5 Å². The van der Waals surface area contributed by atoms with Gasteiger partial charge in [0.05, 0.1) is 19.3 Å². The van der Waals surface area contributed by atoms with Gasteiger partial charge in [0.25, 0.3) is 5.91 Å². The Morgan fingerprint density at radius 3 is 2.62 bits per heavy atom. The van der Waals surface area contributed by atoms with Gasteiger partial charge in [-0.2, -0.15) is 0 Å². The molecule has 0 aromatic heterocycles. The normalized spacial score (nSPS) is 10.0. The first-order valence-electron chi connectivity index (χ1n) is 6.52. The molecule has 0 atom stereocenters. The fourth-order valence-electron chi connectivity index (χ4n) is 1.86. The van der Waals surface area contributed by atoms with E-state index in [9.17, 15) is 4.79 Å². The summed E-state index contributed by atoms with van der Waals surface area (Å²) in [7, 11) is 1.57. The van der Waals surface area contributed by atoms with Crippen LogP contribution in [0.4, 0.5) is 5.69 Å². The number of ether oxygens (including phenoxy) is 2. The summed E-state index contributed by atoms with van der Waals surface area (Å²) >= 11 is 2.14. The van der Waals surface area contributed by atoms with Crippen LogP contribution in [0.5, 0.6) is 11.5 Å². The van der Waals surface area contributed by atoms with Crippen molar-refractivity contribution >= 4 is 34.2 Å². The lowest BCUT2D eigenvalue weighted by atomic mass is 10.2. The lowest BCUT2D eigenvalue weighted by molar-refractivity contribution is 0.102. The molecule has 0 bridgehead atoms. The third-order valence-electron chi connectivity index (χ3n) is 2.84. The maximum atomic E-state index is 12.3. The molecule has 0 aliphatic heterocycles. The fourth-order valence-corrected chi connectivity index (χ4v) is 2.50.